The highest BCUT2D eigenvalue weighted by atomic mass is 16.6. The summed E-state index contributed by atoms with van der Waals surface area (Å²) in [5.41, 5.74) is 1.86. The minimum absolute atomic E-state index is 0.0561. The zero-order chi connectivity index (χ0) is 23.3. The average Bonchev–Trinajstić information content (AvgIpc) is 3.37. The van der Waals surface area contributed by atoms with Crippen molar-refractivity contribution in [1.82, 2.24) is 4.90 Å². The Labute approximate surface area is 194 Å². The lowest BCUT2D eigenvalue weighted by atomic mass is 9.42. The monoisotopic (exact) mass is 457 g/mol. The van der Waals surface area contributed by atoms with Gasteiger partial charge in [0.15, 0.2) is 0 Å². The predicted molar refractivity (Wildman–Crippen MR) is 118 cm³/mol. The van der Waals surface area contributed by atoms with Gasteiger partial charge in [-0.25, -0.2) is 0 Å². The van der Waals surface area contributed by atoms with E-state index in [1.807, 2.05) is 0 Å². The van der Waals surface area contributed by atoms with Gasteiger partial charge in [-0.3, -0.25) is 19.3 Å². The summed E-state index contributed by atoms with van der Waals surface area (Å²) >= 11 is 0. The average molecular weight is 458 g/mol. The minimum atomic E-state index is -0.710. The quantitative estimate of drug-likeness (QED) is 0.512. The molecule has 180 valence electrons. The molecule has 7 heteroatoms. The van der Waals surface area contributed by atoms with Crippen LogP contribution in [0.25, 0.3) is 0 Å². The standard InChI is InChI=1S/C26H35NO6/c1-13-10-27-11-17-6-4-16-5-7-18-20(24(30)31)9-25(22(16)18)23(27)19(13)8-21(33-15(3)29)26(17,25)12-32-14(2)28/h13,17-21,23H,4-12H2,1-3H3,(H,30,31)/t13-,17-,18-,19-,20-,21-,23+,25+,26-/m0/s1. The van der Waals surface area contributed by atoms with Crippen LogP contribution in [0.5, 0.6) is 0 Å². The van der Waals surface area contributed by atoms with E-state index < -0.39 is 22.7 Å². The maximum absolute atomic E-state index is 12.6. The molecule has 7 nitrogen and oxygen atoms in total. The van der Waals surface area contributed by atoms with Gasteiger partial charge in [0.25, 0.3) is 0 Å². The third-order valence-corrected chi connectivity index (χ3v) is 10.6. The molecule has 0 unspecified atom stereocenters. The topological polar surface area (TPSA) is 93.1 Å². The van der Waals surface area contributed by atoms with Crippen molar-refractivity contribution in [2.75, 3.05) is 19.7 Å². The van der Waals surface area contributed by atoms with Crippen molar-refractivity contribution in [3.63, 3.8) is 0 Å². The number of rotatable bonds is 4. The van der Waals surface area contributed by atoms with Gasteiger partial charge < -0.3 is 14.6 Å². The molecule has 4 aliphatic carbocycles. The Balaban J connectivity index is 1.63. The number of carbonyl (C=O) groups excluding carboxylic acids is 2. The Morgan fingerprint density at radius 3 is 2.58 bits per heavy atom. The number of nitrogens with zero attached hydrogens (tertiary/aromatic N) is 1. The Morgan fingerprint density at radius 2 is 1.88 bits per heavy atom. The van der Waals surface area contributed by atoms with E-state index in [4.69, 9.17) is 9.47 Å². The number of piperidine rings is 1. The van der Waals surface area contributed by atoms with Crippen molar-refractivity contribution in [3.8, 4) is 0 Å². The highest BCUT2D eigenvalue weighted by Gasteiger charge is 2.79. The first kappa shape index (κ1) is 21.6. The summed E-state index contributed by atoms with van der Waals surface area (Å²) in [5, 5.41) is 10.3. The van der Waals surface area contributed by atoms with Crippen molar-refractivity contribution >= 4 is 17.9 Å². The molecular weight excluding hydrogens is 422 g/mol. The van der Waals surface area contributed by atoms with Crippen LogP contribution in [0.2, 0.25) is 0 Å². The van der Waals surface area contributed by atoms with Crippen LogP contribution >= 0.6 is 0 Å². The van der Waals surface area contributed by atoms with Gasteiger partial charge >= 0.3 is 17.9 Å². The van der Waals surface area contributed by atoms with Gasteiger partial charge in [0.05, 0.1) is 11.3 Å². The summed E-state index contributed by atoms with van der Waals surface area (Å²) in [5.74, 6) is -0.689. The van der Waals surface area contributed by atoms with Crippen LogP contribution < -0.4 is 0 Å². The number of allylic oxidation sites excluding steroid dienone is 1. The lowest BCUT2D eigenvalue weighted by Crippen LogP contribution is -2.73. The van der Waals surface area contributed by atoms with Crippen LogP contribution in [0.3, 0.4) is 0 Å². The molecule has 0 radical (unpaired) electrons. The molecule has 0 aromatic heterocycles. The molecule has 0 aromatic rings. The number of carboxylic acids is 1. The molecule has 0 amide bonds. The third-order valence-electron chi connectivity index (χ3n) is 10.6. The number of carbonyl (C=O) groups is 3. The predicted octanol–water partition coefficient (Wildman–Crippen LogP) is 3.03. The Bertz CT molecular complexity index is 958. The fourth-order valence-electron chi connectivity index (χ4n) is 9.89. The molecule has 6 aliphatic rings. The van der Waals surface area contributed by atoms with Crippen molar-refractivity contribution in [3.05, 3.63) is 11.1 Å². The number of esters is 2. The molecule has 6 rings (SSSR count). The second kappa shape index (κ2) is 7.06. The Hall–Kier alpha value is -1.89. The van der Waals surface area contributed by atoms with Crippen molar-refractivity contribution in [2.45, 2.75) is 71.4 Å². The van der Waals surface area contributed by atoms with Crippen LogP contribution in [0.15, 0.2) is 11.1 Å². The van der Waals surface area contributed by atoms with Crippen LogP contribution in [-0.2, 0) is 23.9 Å². The molecule has 1 N–H and O–H groups in total. The van der Waals surface area contributed by atoms with Gasteiger partial charge in [-0.1, -0.05) is 18.1 Å². The van der Waals surface area contributed by atoms with Crippen LogP contribution in [-0.4, -0.2) is 59.8 Å². The number of aliphatic carboxylic acids is 1. The summed E-state index contributed by atoms with van der Waals surface area (Å²) in [7, 11) is 0. The maximum Gasteiger partial charge on any atom is 0.307 e. The number of hydrogen-bond donors (Lipinski definition) is 1. The second-order valence-corrected chi connectivity index (χ2v) is 11.7. The first-order chi connectivity index (χ1) is 15.7. The maximum atomic E-state index is 12.6. The fourth-order valence-corrected chi connectivity index (χ4v) is 9.89. The van der Waals surface area contributed by atoms with Gasteiger partial charge in [-0.2, -0.15) is 0 Å². The summed E-state index contributed by atoms with van der Waals surface area (Å²) in [4.78, 5) is 39.7. The highest BCUT2D eigenvalue weighted by Crippen LogP contribution is 2.77. The number of carboxylic acid groups (broad SMARTS) is 1. The van der Waals surface area contributed by atoms with Crippen LogP contribution in [0, 0.1) is 40.4 Å². The van der Waals surface area contributed by atoms with E-state index in [1.54, 1.807) is 0 Å². The SMILES string of the molecule is CC(=O)OC[C@@]12[C@H]3CCC4=C5[C@@H](CC4)[C@@H](C(=O)O)C[C@]51[C@H]1[C@@H](C[C@@H]2OC(C)=O)[C@@H](C)CN1C3. The van der Waals surface area contributed by atoms with Crippen LogP contribution in [0.1, 0.15) is 59.3 Å². The van der Waals surface area contributed by atoms with E-state index in [2.05, 4.69) is 11.8 Å². The van der Waals surface area contributed by atoms with E-state index in [-0.39, 0.29) is 42.5 Å². The van der Waals surface area contributed by atoms with Gasteiger partial charge in [0.1, 0.15) is 12.7 Å². The smallest absolute Gasteiger partial charge is 0.307 e. The number of ether oxygens (including phenoxy) is 2. The van der Waals surface area contributed by atoms with Gasteiger partial charge in [0.2, 0.25) is 0 Å². The summed E-state index contributed by atoms with van der Waals surface area (Å²) in [6, 6.07) is 0.235. The second-order valence-electron chi connectivity index (χ2n) is 11.7. The minimum Gasteiger partial charge on any atom is -0.481 e. The molecule has 1 spiro atoms. The van der Waals surface area contributed by atoms with Crippen molar-refractivity contribution < 1.29 is 29.0 Å². The zero-order valence-electron chi connectivity index (χ0n) is 19.8. The Kier molecular flexibility index (Phi) is 4.63. The first-order valence-corrected chi connectivity index (χ1v) is 12.7. The normalized spacial score (nSPS) is 47.2. The highest BCUT2D eigenvalue weighted by molar-refractivity contribution is 5.74. The van der Waals surface area contributed by atoms with Crippen molar-refractivity contribution in [1.29, 1.82) is 0 Å². The lowest BCUT2D eigenvalue weighted by Gasteiger charge is -2.67. The van der Waals surface area contributed by atoms with E-state index in [9.17, 15) is 19.5 Å². The summed E-state index contributed by atoms with van der Waals surface area (Å²) in [6.07, 6.45) is 4.84. The van der Waals surface area contributed by atoms with Gasteiger partial charge in [0, 0.05) is 38.4 Å². The lowest BCUT2D eigenvalue weighted by molar-refractivity contribution is -0.239. The third kappa shape index (κ3) is 2.58. The largest absolute Gasteiger partial charge is 0.481 e. The Morgan fingerprint density at radius 1 is 1.12 bits per heavy atom. The van der Waals surface area contributed by atoms with E-state index in [0.29, 0.717) is 18.3 Å². The van der Waals surface area contributed by atoms with Gasteiger partial charge in [-0.15, -0.1) is 0 Å². The van der Waals surface area contributed by atoms with Gasteiger partial charge in [-0.05, 0) is 62.2 Å². The zero-order valence-corrected chi connectivity index (χ0v) is 19.8. The molecule has 9 atom stereocenters. The van der Waals surface area contributed by atoms with E-state index >= 15 is 0 Å². The molecule has 2 saturated carbocycles. The molecule has 0 aromatic carbocycles. The van der Waals surface area contributed by atoms with E-state index in [0.717, 1.165) is 45.2 Å². The first-order valence-electron chi connectivity index (χ1n) is 12.7. The van der Waals surface area contributed by atoms with E-state index in [1.165, 1.54) is 25.0 Å². The molecule has 2 heterocycles. The molecule has 4 bridgehead atoms. The summed E-state index contributed by atoms with van der Waals surface area (Å²) in [6.45, 7) is 7.34. The molecule has 4 fully saturated rings. The van der Waals surface area contributed by atoms with Crippen LogP contribution in [0.4, 0.5) is 0 Å². The fraction of sp³-hybridized carbons (Fsp3) is 0.808. The molecular formula is C26H35NO6. The molecule has 33 heavy (non-hydrogen) atoms. The molecule has 2 saturated heterocycles. The van der Waals surface area contributed by atoms with Crippen molar-refractivity contribution in [2.24, 2.45) is 40.4 Å². The number of hydrogen-bond acceptors (Lipinski definition) is 6. The molecule has 2 aliphatic heterocycles. The summed E-state index contributed by atoms with van der Waals surface area (Å²) < 4.78 is 12.0.